The third-order valence-electron chi connectivity index (χ3n) is 3.34. The number of hydrogen-bond acceptors (Lipinski definition) is 2. The highest BCUT2D eigenvalue weighted by molar-refractivity contribution is 5.89. The van der Waals surface area contributed by atoms with E-state index in [-0.39, 0.29) is 11.5 Å². The van der Waals surface area contributed by atoms with Gasteiger partial charge in [-0.3, -0.25) is 4.79 Å². The molecule has 0 heterocycles. The van der Waals surface area contributed by atoms with Crippen LogP contribution in [-0.2, 0) is 17.6 Å². The minimum absolute atomic E-state index is 0.149. The van der Waals surface area contributed by atoms with E-state index in [1.807, 2.05) is 36.4 Å². The predicted octanol–water partition coefficient (Wildman–Crippen LogP) is 4.08. The molecule has 2 aromatic rings. The van der Waals surface area contributed by atoms with Crippen LogP contribution in [0.2, 0.25) is 0 Å². The Kier molecular flexibility index (Phi) is 5.77. The lowest BCUT2D eigenvalue weighted by atomic mass is 10.1. The van der Waals surface area contributed by atoms with Gasteiger partial charge in [0.25, 0.3) is 0 Å². The van der Waals surface area contributed by atoms with E-state index in [1.165, 1.54) is 5.56 Å². The molecule has 0 atom stereocenters. The molecule has 0 aliphatic carbocycles. The van der Waals surface area contributed by atoms with Gasteiger partial charge in [0.05, 0.1) is 0 Å². The van der Waals surface area contributed by atoms with Crippen molar-refractivity contribution in [1.82, 2.24) is 0 Å². The molecular formula is C19H20O2. The van der Waals surface area contributed by atoms with Gasteiger partial charge in [-0.1, -0.05) is 48.5 Å². The number of aryl methyl sites for hydroxylation is 2. The Morgan fingerprint density at radius 2 is 1.57 bits per heavy atom. The van der Waals surface area contributed by atoms with Crippen molar-refractivity contribution >= 4 is 5.78 Å². The number of carbonyl (C=O) groups is 1. The molecule has 0 amide bonds. The zero-order valence-electron chi connectivity index (χ0n) is 12.0. The normalized spacial score (nSPS) is 10.9. The fraction of sp³-hybridized carbons (Fsp3) is 0.211. The summed E-state index contributed by atoms with van der Waals surface area (Å²) in [7, 11) is 0. The first kappa shape index (κ1) is 15.0. The molecule has 21 heavy (non-hydrogen) atoms. The monoisotopic (exact) mass is 280 g/mol. The first-order chi connectivity index (χ1) is 10.2. The quantitative estimate of drug-likeness (QED) is 0.776. The van der Waals surface area contributed by atoms with Crippen LogP contribution < -0.4 is 0 Å². The molecule has 0 saturated heterocycles. The average Bonchev–Trinajstić information content (AvgIpc) is 2.52. The summed E-state index contributed by atoms with van der Waals surface area (Å²) in [6.07, 6.45) is 6.70. The van der Waals surface area contributed by atoms with Crippen molar-refractivity contribution in [2.75, 3.05) is 0 Å². The van der Waals surface area contributed by atoms with Gasteiger partial charge in [0.15, 0.2) is 5.78 Å². The zero-order valence-corrected chi connectivity index (χ0v) is 12.0. The van der Waals surface area contributed by atoms with Gasteiger partial charge >= 0.3 is 0 Å². The Balaban J connectivity index is 1.69. The van der Waals surface area contributed by atoms with Crippen molar-refractivity contribution in [3.05, 3.63) is 77.9 Å². The van der Waals surface area contributed by atoms with Gasteiger partial charge in [-0.15, -0.1) is 0 Å². The number of phenolic OH excluding ortho intramolecular Hbond substituents is 1. The van der Waals surface area contributed by atoms with Crippen LogP contribution in [0.1, 0.15) is 24.0 Å². The Bertz CT molecular complexity index is 583. The molecule has 2 heteroatoms. The predicted molar refractivity (Wildman–Crippen MR) is 85.3 cm³/mol. The highest BCUT2D eigenvalue weighted by Gasteiger charge is 1.99. The number of benzene rings is 2. The standard InChI is InChI=1S/C19H20O2/c20-18(13-10-17-11-14-19(21)15-12-17)9-5-4-8-16-6-2-1-3-7-16/h1-3,5-7,9,11-12,14-15,21H,4,8,10,13H2/b9-5+. The van der Waals surface area contributed by atoms with Crippen molar-refractivity contribution in [3.63, 3.8) is 0 Å². The maximum atomic E-state index is 11.8. The van der Waals surface area contributed by atoms with Crippen molar-refractivity contribution in [2.24, 2.45) is 0 Å². The fourth-order valence-electron chi connectivity index (χ4n) is 2.12. The Morgan fingerprint density at radius 3 is 2.29 bits per heavy atom. The average molecular weight is 280 g/mol. The van der Waals surface area contributed by atoms with E-state index in [4.69, 9.17) is 0 Å². The number of hydrogen-bond donors (Lipinski definition) is 1. The smallest absolute Gasteiger partial charge is 0.155 e. The van der Waals surface area contributed by atoms with Crippen LogP contribution in [-0.4, -0.2) is 10.9 Å². The molecule has 0 unspecified atom stereocenters. The Labute approximate surface area is 125 Å². The minimum Gasteiger partial charge on any atom is -0.508 e. The van der Waals surface area contributed by atoms with E-state index < -0.39 is 0 Å². The first-order valence-electron chi connectivity index (χ1n) is 7.25. The van der Waals surface area contributed by atoms with Crippen molar-refractivity contribution in [1.29, 1.82) is 0 Å². The molecule has 0 radical (unpaired) electrons. The molecule has 0 saturated carbocycles. The first-order valence-corrected chi connectivity index (χ1v) is 7.25. The van der Waals surface area contributed by atoms with Crippen molar-refractivity contribution < 1.29 is 9.90 Å². The molecule has 0 spiro atoms. The topological polar surface area (TPSA) is 37.3 Å². The van der Waals surface area contributed by atoms with E-state index in [0.29, 0.717) is 12.8 Å². The number of phenols is 1. The Hall–Kier alpha value is -2.35. The lowest BCUT2D eigenvalue weighted by Crippen LogP contribution is -1.96. The molecule has 0 fully saturated rings. The molecule has 2 nitrogen and oxygen atoms in total. The van der Waals surface area contributed by atoms with Crippen LogP contribution in [0.25, 0.3) is 0 Å². The molecule has 108 valence electrons. The van der Waals surface area contributed by atoms with Gasteiger partial charge in [0, 0.05) is 6.42 Å². The number of allylic oxidation sites excluding steroid dienone is 2. The van der Waals surface area contributed by atoms with Crippen LogP contribution in [0.3, 0.4) is 0 Å². The van der Waals surface area contributed by atoms with Crippen molar-refractivity contribution in [3.8, 4) is 5.75 Å². The van der Waals surface area contributed by atoms with Crippen LogP contribution in [0, 0.1) is 0 Å². The van der Waals surface area contributed by atoms with E-state index in [0.717, 1.165) is 18.4 Å². The van der Waals surface area contributed by atoms with Gasteiger partial charge in [-0.25, -0.2) is 0 Å². The summed E-state index contributed by atoms with van der Waals surface area (Å²) in [5.41, 5.74) is 2.36. The second-order valence-corrected chi connectivity index (χ2v) is 5.06. The number of ketones is 1. The molecule has 0 bridgehead atoms. The van der Waals surface area contributed by atoms with E-state index in [9.17, 15) is 9.90 Å². The summed E-state index contributed by atoms with van der Waals surface area (Å²) in [6, 6.07) is 17.3. The summed E-state index contributed by atoms with van der Waals surface area (Å²) in [5, 5.41) is 9.19. The van der Waals surface area contributed by atoms with E-state index in [1.54, 1.807) is 18.2 Å². The second-order valence-electron chi connectivity index (χ2n) is 5.06. The van der Waals surface area contributed by atoms with Gasteiger partial charge in [-0.05, 0) is 48.6 Å². The maximum absolute atomic E-state index is 11.8. The summed E-state index contributed by atoms with van der Waals surface area (Å²) in [5.74, 6) is 0.405. The van der Waals surface area contributed by atoms with E-state index >= 15 is 0 Å². The van der Waals surface area contributed by atoms with Gasteiger partial charge < -0.3 is 5.11 Å². The summed E-state index contributed by atoms with van der Waals surface area (Å²) >= 11 is 0. The molecular weight excluding hydrogens is 260 g/mol. The van der Waals surface area contributed by atoms with Crippen LogP contribution in [0.15, 0.2) is 66.7 Å². The molecule has 2 aromatic carbocycles. The minimum atomic E-state index is 0.149. The van der Waals surface area contributed by atoms with Crippen molar-refractivity contribution in [2.45, 2.75) is 25.7 Å². The number of aromatic hydroxyl groups is 1. The lowest BCUT2D eigenvalue weighted by molar-refractivity contribution is -0.114. The van der Waals surface area contributed by atoms with Crippen LogP contribution >= 0.6 is 0 Å². The third-order valence-corrected chi connectivity index (χ3v) is 3.34. The molecule has 0 aromatic heterocycles. The van der Waals surface area contributed by atoms with E-state index in [2.05, 4.69) is 12.1 Å². The summed E-state index contributed by atoms with van der Waals surface area (Å²) in [6.45, 7) is 0. The molecule has 2 rings (SSSR count). The summed E-state index contributed by atoms with van der Waals surface area (Å²) < 4.78 is 0. The molecule has 0 aliphatic heterocycles. The molecule has 1 N–H and O–H groups in total. The van der Waals surface area contributed by atoms with Crippen LogP contribution in [0.5, 0.6) is 5.75 Å². The fourth-order valence-corrected chi connectivity index (χ4v) is 2.12. The Morgan fingerprint density at radius 1 is 0.905 bits per heavy atom. The maximum Gasteiger partial charge on any atom is 0.155 e. The lowest BCUT2D eigenvalue weighted by Gasteiger charge is -1.99. The van der Waals surface area contributed by atoms with Gasteiger partial charge in [0.2, 0.25) is 0 Å². The third kappa shape index (κ3) is 5.65. The highest BCUT2D eigenvalue weighted by atomic mass is 16.3. The number of rotatable bonds is 7. The number of carbonyl (C=O) groups excluding carboxylic acids is 1. The second kappa shape index (κ2) is 8.05. The SMILES string of the molecule is O=C(/C=C/CCc1ccccc1)CCc1ccc(O)cc1. The van der Waals surface area contributed by atoms with Gasteiger partial charge in [-0.2, -0.15) is 0 Å². The molecule has 0 aliphatic rings. The largest absolute Gasteiger partial charge is 0.508 e. The van der Waals surface area contributed by atoms with Crippen LogP contribution in [0.4, 0.5) is 0 Å². The highest BCUT2D eigenvalue weighted by Crippen LogP contribution is 2.11. The zero-order chi connectivity index (χ0) is 14.9. The van der Waals surface area contributed by atoms with Gasteiger partial charge in [0.1, 0.15) is 5.75 Å². The summed E-state index contributed by atoms with van der Waals surface area (Å²) in [4.78, 5) is 11.8.